The van der Waals surface area contributed by atoms with Gasteiger partial charge in [0.25, 0.3) is 0 Å². The van der Waals surface area contributed by atoms with E-state index in [1.807, 2.05) is 30.3 Å². The van der Waals surface area contributed by atoms with Gasteiger partial charge in [0.05, 0.1) is 12.3 Å². The lowest BCUT2D eigenvalue weighted by atomic mass is 9.87. The molecule has 0 amide bonds. The molecule has 0 bridgehead atoms. The third kappa shape index (κ3) is 4.63. The number of aliphatic hydroxyl groups is 1. The molecule has 0 aliphatic heterocycles. The van der Waals surface area contributed by atoms with Gasteiger partial charge in [-0.05, 0) is 40.7 Å². The van der Waals surface area contributed by atoms with Crippen LogP contribution in [0.1, 0.15) is 67.6 Å². The Hall–Kier alpha value is -2.78. The number of nitrogens with zero attached hydrogens (tertiary/aromatic N) is 1. The molecule has 3 heteroatoms. The summed E-state index contributed by atoms with van der Waals surface area (Å²) in [5.41, 5.74) is 6.57. The number of hydrogen-bond acceptors (Lipinski definition) is 2. The van der Waals surface area contributed by atoms with E-state index >= 15 is 0 Å². The van der Waals surface area contributed by atoms with Gasteiger partial charge < -0.3 is 5.11 Å². The Kier molecular flexibility index (Phi) is 6.60. The highest BCUT2D eigenvalue weighted by Gasteiger charge is 2.22. The Morgan fingerprint density at radius 1 is 0.862 bits per heavy atom. The van der Waals surface area contributed by atoms with E-state index < -0.39 is 0 Å². The minimum atomic E-state index is -0.275. The summed E-state index contributed by atoms with van der Waals surface area (Å²) in [6.45, 7) is 8.30. The van der Waals surface area contributed by atoms with E-state index in [2.05, 4.69) is 39.8 Å². The summed E-state index contributed by atoms with van der Waals surface area (Å²) < 4.78 is 13.6. The molecular weight excluding hydrogens is 361 g/mol. The number of rotatable bonds is 6. The molecule has 3 aromatic rings. The molecule has 1 N–H and O–H groups in total. The molecule has 29 heavy (non-hydrogen) atoms. The molecule has 0 fully saturated rings. The smallest absolute Gasteiger partial charge is 0.123 e. The van der Waals surface area contributed by atoms with Crippen molar-refractivity contribution < 1.29 is 9.50 Å². The van der Waals surface area contributed by atoms with Crippen LogP contribution in [0, 0.1) is 5.82 Å². The third-order valence-electron chi connectivity index (χ3n) is 5.02. The molecule has 0 saturated heterocycles. The van der Waals surface area contributed by atoms with Crippen molar-refractivity contribution in [3.8, 4) is 11.1 Å². The summed E-state index contributed by atoms with van der Waals surface area (Å²) in [5.74, 6) is 0.0961. The second-order valence-corrected chi connectivity index (χ2v) is 7.87. The average molecular weight is 390 g/mol. The lowest BCUT2D eigenvalue weighted by Gasteiger charge is -2.22. The minimum Gasteiger partial charge on any atom is -0.392 e. The van der Waals surface area contributed by atoms with Gasteiger partial charge in [-0.3, -0.25) is 4.98 Å². The Bertz CT molecular complexity index is 989. The van der Waals surface area contributed by atoms with Crippen LogP contribution in [-0.2, 0) is 6.61 Å². The summed E-state index contributed by atoms with van der Waals surface area (Å²) in [5, 5.41) is 10.3. The zero-order valence-corrected chi connectivity index (χ0v) is 17.5. The zero-order valence-electron chi connectivity index (χ0n) is 17.5. The van der Waals surface area contributed by atoms with Crippen molar-refractivity contribution in [1.82, 2.24) is 4.98 Å². The molecule has 150 valence electrons. The molecule has 2 aromatic carbocycles. The molecule has 0 radical (unpaired) electrons. The van der Waals surface area contributed by atoms with Gasteiger partial charge in [0.1, 0.15) is 5.82 Å². The van der Waals surface area contributed by atoms with Gasteiger partial charge in [0.2, 0.25) is 0 Å². The summed E-state index contributed by atoms with van der Waals surface area (Å²) in [6.07, 6.45) is 4.13. The van der Waals surface area contributed by atoms with Gasteiger partial charge in [-0.15, -0.1) is 0 Å². The molecule has 0 aliphatic carbocycles. The SMILES string of the molecule is CC(C)c1nc(C(C)C)c(CO)c(-c2ccc(F)cc2)c1/C=C/c1ccccc1. The van der Waals surface area contributed by atoms with Crippen molar-refractivity contribution in [3.63, 3.8) is 0 Å². The maximum Gasteiger partial charge on any atom is 0.123 e. The number of aliphatic hydroxyl groups excluding tert-OH is 1. The Morgan fingerprint density at radius 3 is 2.03 bits per heavy atom. The Labute approximate surface area is 172 Å². The molecule has 3 rings (SSSR count). The highest BCUT2D eigenvalue weighted by atomic mass is 19.1. The number of hydrogen-bond donors (Lipinski definition) is 1. The van der Waals surface area contributed by atoms with Crippen LogP contribution in [0.15, 0.2) is 54.6 Å². The largest absolute Gasteiger partial charge is 0.392 e. The fourth-order valence-corrected chi connectivity index (χ4v) is 3.61. The van der Waals surface area contributed by atoms with Crippen molar-refractivity contribution in [2.45, 2.75) is 46.1 Å². The summed E-state index contributed by atoms with van der Waals surface area (Å²) in [6, 6.07) is 16.6. The quantitative estimate of drug-likeness (QED) is 0.503. The van der Waals surface area contributed by atoms with Gasteiger partial charge >= 0.3 is 0 Å². The molecule has 0 saturated carbocycles. The monoisotopic (exact) mass is 389 g/mol. The number of halogens is 1. The van der Waals surface area contributed by atoms with Crippen molar-refractivity contribution in [2.24, 2.45) is 0 Å². The second kappa shape index (κ2) is 9.15. The van der Waals surface area contributed by atoms with Crippen LogP contribution in [0.2, 0.25) is 0 Å². The first-order valence-electron chi connectivity index (χ1n) is 10.1. The average Bonchev–Trinajstić information content (AvgIpc) is 2.72. The van der Waals surface area contributed by atoms with Gasteiger partial charge in [0.15, 0.2) is 0 Å². The third-order valence-corrected chi connectivity index (χ3v) is 5.02. The number of benzene rings is 2. The van der Waals surface area contributed by atoms with Crippen LogP contribution in [0.4, 0.5) is 4.39 Å². The van der Waals surface area contributed by atoms with Gasteiger partial charge in [-0.25, -0.2) is 4.39 Å². The minimum absolute atomic E-state index is 0.113. The van der Waals surface area contributed by atoms with Crippen LogP contribution in [0.5, 0.6) is 0 Å². The van der Waals surface area contributed by atoms with E-state index in [-0.39, 0.29) is 24.3 Å². The number of pyridine rings is 1. The molecule has 1 heterocycles. The van der Waals surface area contributed by atoms with E-state index in [1.165, 1.54) is 12.1 Å². The standard InChI is InChI=1S/C26H28FNO/c1-17(2)25-22(15-10-19-8-6-5-7-9-19)24(20-11-13-21(27)14-12-20)23(16-29)26(28-25)18(3)4/h5-15,17-18,29H,16H2,1-4H3/b15-10+. The van der Waals surface area contributed by atoms with E-state index in [0.717, 1.165) is 39.2 Å². The van der Waals surface area contributed by atoms with E-state index in [9.17, 15) is 9.50 Å². The van der Waals surface area contributed by atoms with Crippen LogP contribution in [0.3, 0.4) is 0 Å². The first kappa shape index (κ1) is 20.9. The van der Waals surface area contributed by atoms with Gasteiger partial charge in [0, 0.05) is 16.8 Å². The molecule has 0 unspecified atom stereocenters. The molecule has 0 aliphatic rings. The summed E-state index contributed by atoms with van der Waals surface area (Å²) in [7, 11) is 0. The van der Waals surface area contributed by atoms with E-state index in [4.69, 9.17) is 4.98 Å². The van der Waals surface area contributed by atoms with Crippen molar-refractivity contribution in [1.29, 1.82) is 0 Å². The van der Waals surface area contributed by atoms with Crippen molar-refractivity contribution >= 4 is 12.2 Å². The maximum absolute atomic E-state index is 13.6. The first-order valence-corrected chi connectivity index (χ1v) is 10.1. The molecular formula is C26H28FNO. The summed E-state index contributed by atoms with van der Waals surface area (Å²) >= 11 is 0. The molecule has 0 spiro atoms. The van der Waals surface area contributed by atoms with E-state index in [0.29, 0.717) is 0 Å². The lowest BCUT2D eigenvalue weighted by molar-refractivity contribution is 0.280. The van der Waals surface area contributed by atoms with Crippen LogP contribution < -0.4 is 0 Å². The summed E-state index contributed by atoms with van der Waals surface area (Å²) in [4.78, 5) is 4.97. The fraction of sp³-hybridized carbons (Fsp3) is 0.269. The highest BCUT2D eigenvalue weighted by molar-refractivity contribution is 5.84. The Balaban J connectivity index is 2.33. The predicted molar refractivity (Wildman–Crippen MR) is 119 cm³/mol. The molecule has 2 nitrogen and oxygen atoms in total. The van der Waals surface area contributed by atoms with Gasteiger partial charge in [-0.1, -0.05) is 82.3 Å². The van der Waals surface area contributed by atoms with Crippen LogP contribution in [0.25, 0.3) is 23.3 Å². The second-order valence-electron chi connectivity index (χ2n) is 7.87. The normalized spacial score (nSPS) is 11.7. The van der Waals surface area contributed by atoms with Gasteiger partial charge in [-0.2, -0.15) is 0 Å². The molecule has 0 atom stereocenters. The Morgan fingerprint density at radius 2 is 1.48 bits per heavy atom. The first-order chi connectivity index (χ1) is 13.9. The fourth-order valence-electron chi connectivity index (χ4n) is 3.61. The predicted octanol–water partition coefficient (Wildman–Crippen LogP) is 6.80. The maximum atomic E-state index is 13.6. The van der Waals surface area contributed by atoms with Crippen LogP contribution in [-0.4, -0.2) is 10.1 Å². The lowest BCUT2D eigenvalue weighted by Crippen LogP contribution is -2.10. The van der Waals surface area contributed by atoms with Crippen molar-refractivity contribution in [2.75, 3.05) is 0 Å². The van der Waals surface area contributed by atoms with E-state index in [1.54, 1.807) is 12.1 Å². The molecule has 1 aromatic heterocycles. The highest BCUT2D eigenvalue weighted by Crippen LogP contribution is 2.37. The number of aromatic nitrogens is 1. The topological polar surface area (TPSA) is 33.1 Å². The van der Waals surface area contributed by atoms with Crippen molar-refractivity contribution in [3.05, 3.63) is 88.5 Å². The van der Waals surface area contributed by atoms with Crippen LogP contribution >= 0.6 is 0 Å². The zero-order chi connectivity index (χ0) is 21.0.